The van der Waals surface area contributed by atoms with Gasteiger partial charge in [0.1, 0.15) is 0 Å². The minimum Gasteiger partial charge on any atom is -0.301 e. The molecule has 0 radical (unpaired) electrons. The highest BCUT2D eigenvalue weighted by atomic mass is 16.2. The molecule has 68 valence electrons. The van der Waals surface area contributed by atoms with Crippen LogP contribution in [0.15, 0.2) is 21.9 Å². The lowest BCUT2D eigenvalue weighted by Crippen LogP contribution is -2.28. The molecule has 0 saturated carbocycles. The quantitative estimate of drug-likeness (QED) is 0.521. The van der Waals surface area contributed by atoms with Crippen molar-refractivity contribution in [3.63, 3.8) is 0 Å². The van der Waals surface area contributed by atoms with Crippen molar-refractivity contribution in [2.24, 2.45) is 0 Å². The molecule has 0 aliphatic heterocycles. The number of hydrogen-bond donors (Lipinski definition) is 1. The standard InChI is InChI=1S/C9H10N2O2/c1-2-3-4-6-11-7-5-8(12)10-9(11)13/h1,5,7H,3-4,6H2,(H,10,12,13). The van der Waals surface area contributed by atoms with E-state index in [1.165, 1.54) is 16.8 Å². The van der Waals surface area contributed by atoms with Gasteiger partial charge in [-0.25, -0.2) is 4.79 Å². The molecule has 0 aliphatic carbocycles. The molecule has 4 nitrogen and oxygen atoms in total. The van der Waals surface area contributed by atoms with Crippen molar-refractivity contribution in [2.75, 3.05) is 0 Å². The molecule has 0 saturated heterocycles. The van der Waals surface area contributed by atoms with Gasteiger partial charge < -0.3 is 4.57 Å². The third-order valence-electron chi connectivity index (χ3n) is 1.62. The summed E-state index contributed by atoms with van der Waals surface area (Å²) in [6.07, 6.45) is 7.90. The largest absolute Gasteiger partial charge is 0.328 e. The zero-order valence-corrected chi connectivity index (χ0v) is 7.12. The summed E-state index contributed by atoms with van der Waals surface area (Å²) in [7, 11) is 0. The molecule has 0 bridgehead atoms. The molecule has 4 heteroatoms. The Hall–Kier alpha value is -1.76. The maximum atomic E-state index is 11.1. The van der Waals surface area contributed by atoms with E-state index in [1.54, 1.807) is 0 Å². The van der Waals surface area contributed by atoms with E-state index in [4.69, 9.17) is 6.42 Å². The van der Waals surface area contributed by atoms with E-state index in [0.717, 1.165) is 6.42 Å². The van der Waals surface area contributed by atoms with E-state index >= 15 is 0 Å². The van der Waals surface area contributed by atoms with Crippen molar-refractivity contribution >= 4 is 0 Å². The maximum absolute atomic E-state index is 11.1. The second-order valence-electron chi connectivity index (χ2n) is 2.61. The fourth-order valence-electron chi connectivity index (χ4n) is 0.972. The van der Waals surface area contributed by atoms with E-state index in [2.05, 4.69) is 10.9 Å². The average molecular weight is 178 g/mol. The zero-order valence-electron chi connectivity index (χ0n) is 7.12. The number of aromatic amines is 1. The van der Waals surface area contributed by atoms with Crippen LogP contribution in [-0.2, 0) is 6.54 Å². The molecule has 0 spiro atoms. The highest BCUT2D eigenvalue weighted by molar-refractivity contribution is 4.85. The van der Waals surface area contributed by atoms with Gasteiger partial charge >= 0.3 is 5.69 Å². The summed E-state index contributed by atoms with van der Waals surface area (Å²) >= 11 is 0. The number of hydrogen-bond acceptors (Lipinski definition) is 2. The van der Waals surface area contributed by atoms with Crippen LogP contribution in [0.2, 0.25) is 0 Å². The van der Waals surface area contributed by atoms with Gasteiger partial charge in [0.25, 0.3) is 5.56 Å². The molecular formula is C9H10N2O2. The van der Waals surface area contributed by atoms with Gasteiger partial charge in [-0.1, -0.05) is 0 Å². The average Bonchev–Trinajstić information content (AvgIpc) is 2.09. The summed E-state index contributed by atoms with van der Waals surface area (Å²) in [5.41, 5.74) is -0.761. The van der Waals surface area contributed by atoms with Crippen LogP contribution in [-0.4, -0.2) is 9.55 Å². The molecule has 0 unspecified atom stereocenters. The van der Waals surface area contributed by atoms with Crippen molar-refractivity contribution < 1.29 is 0 Å². The van der Waals surface area contributed by atoms with Crippen LogP contribution in [0.3, 0.4) is 0 Å². The number of rotatable bonds is 3. The molecule has 0 atom stereocenters. The molecule has 1 rings (SSSR count). The Kier molecular flexibility index (Phi) is 3.09. The van der Waals surface area contributed by atoms with Crippen molar-refractivity contribution in [3.05, 3.63) is 33.1 Å². The number of unbranched alkanes of at least 4 members (excludes halogenated alkanes) is 1. The number of terminal acetylenes is 1. The van der Waals surface area contributed by atoms with E-state index in [0.29, 0.717) is 13.0 Å². The van der Waals surface area contributed by atoms with E-state index < -0.39 is 0 Å². The van der Waals surface area contributed by atoms with Crippen LogP contribution in [0.25, 0.3) is 0 Å². The summed E-state index contributed by atoms with van der Waals surface area (Å²) in [6.45, 7) is 0.541. The van der Waals surface area contributed by atoms with Gasteiger partial charge in [0.2, 0.25) is 0 Å². The molecule has 0 aliphatic rings. The first-order chi connectivity index (χ1) is 6.24. The third kappa shape index (κ3) is 2.64. The predicted octanol–water partition coefficient (Wildman–Crippen LogP) is -0.0500. The van der Waals surface area contributed by atoms with Crippen LogP contribution in [0.5, 0.6) is 0 Å². The highest BCUT2D eigenvalue weighted by Crippen LogP contribution is 1.88. The molecule has 1 N–H and O–H groups in total. The van der Waals surface area contributed by atoms with Crippen molar-refractivity contribution in [1.29, 1.82) is 0 Å². The molecular weight excluding hydrogens is 168 g/mol. The number of aryl methyl sites for hydroxylation is 1. The Bertz CT molecular complexity index is 422. The SMILES string of the molecule is C#CCCCn1ccc(=O)[nH]c1=O. The van der Waals surface area contributed by atoms with Crippen LogP contribution in [0, 0.1) is 12.3 Å². The Morgan fingerprint density at radius 2 is 2.31 bits per heavy atom. The lowest BCUT2D eigenvalue weighted by Gasteiger charge is -2.00. The summed E-state index contributed by atoms with van der Waals surface area (Å²) in [6, 6.07) is 1.32. The molecule has 0 amide bonds. The predicted molar refractivity (Wildman–Crippen MR) is 49.4 cm³/mol. The van der Waals surface area contributed by atoms with Gasteiger partial charge in [-0.3, -0.25) is 9.78 Å². The summed E-state index contributed by atoms with van der Waals surface area (Å²) in [5.74, 6) is 2.48. The fraction of sp³-hybridized carbons (Fsp3) is 0.333. The fourth-order valence-corrected chi connectivity index (χ4v) is 0.972. The molecule has 1 aromatic rings. The normalized spacial score (nSPS) is 9.46. The summed E-state index contributed by atoms with van der Waals surface area (Å²) < 4.78 is 1.43. The van der Waals surface area contributed by atoms with Crippen molar-refractivity contribution in [3.8, 4) is 12.3 Å². The minimum atomic E-state index is -0.385. The second-order valence-corrected chi connectivity index (χ2v) is 2.61. The first-order valence-electron chi connectivity index (χ1n) is 3.97. The highest BCUT2D eigenvalue weighted by Gasteiger charge is 1.94. The first-order valence-corrected chi connectivity index (χ1v) is 3.97. The second kappa shape index (κ2) is 4.31. The number of aromatic nitrogens is 2. The molecule has 0 aromatic carbocycles. The van der Waals surface area contributed by atoms with Gasteiger partial charge in [0.05, 0.1) is 0 Å². The van der Waals surface area contributed by atoms with Gasteiger partial charge in [-0.15, -0.1) is 12.3 Å². The van der Waals surface area contributed by atoms with Crippen LogP contribution in [0.1, 0.15) is 12.8 Å². The van der Waals surface area contributed by atoms with E-state index in [9.17, 15) is 9.59 Å². The molecule has 1 aromatic heterocycles. The van der Waals surface area contributed by atoms with Crippen molar-refractivity contribution in [2.45, 2.75) is 19.4 Å². The molecule has 1 heterocycles. The van der Waals surface area contributed by atoms with Gasteiger partial charge in [0.15, 0.2) is 0 Å². The minimum absolute atomic E-state index is 0.377. The Balaban J connectivity index is 2.74. The summed E-state index contributed by atoms with van der Waals surface area (Å²) in [4.78, 5) is 23.9. The monoisotopic (exact) mass is 178 g/mol. The van der Waals surface area contributed by atoms with E-state index in [-0.39, 0.29) is 11.2 Å². The first kappa shape index (κ1) is 9.33. The maximum Gasteiger partial charge on any atom is 0.328 e. The number of H-pyrrole nitrogens is 1. The van der Waals surface area contributed by atoms with Crippen LogP contribution < -0.4 is 11.2 Å². The van der Waals surface area contributed by atoms with Crippen LogP contribution in [0.4, 0.5) is 0 Å². The third-order valence-corrected chi connectivity index (χ3v) is 1.62. The van der Waals surface area contributed by atoms with Crippen molar-refractivity contribution in [1.82, 2.24) is 9.55 Å². The van der Waals surface area contributed by atoms with E-state index in [1.807, 2.05) is 0 Å². The van der Waals surface area contributed by atoms with Gasteiger partial charge in [-0.2, -0.15) is 0 Å². The smallest absolute Gasteiger partial charge is 0.301 e. The topological polar surface area (TPSA) is 54.9 Å². The van der Waals surface area contributed by atoms with Gasteiger partial charge in [0, 0.05) is 25.2 Å². The molecule has 0 fully saturated rings. The van der Waals surface area contributed by atoms with Crippen LogP contribution >= 0.6 is 0 Å². The Morgan fingerprint density at radius 1 is 1.54 bits per heavy atom. The Morgan fingerprint density at radius 3 is 2.92 bits per heavy atom. The summed E-state index contributed by atoms with van der Waals surface area (Å²) in [5, 5.41) is 0. The number of nitrogens with zero attached hydrogens (tertiary/aromatic N) is 1. The Labute approximate surface area is 75.2 Å². The zero-order chi connectivity index (χ0) is 9.68. The lowest BCUT2D eigenvalue weighted by molar-refractivity contribution is 0.614. The van der Waals surface area contributed by atoms with Gasteiger partial charge in [-0.05, 0) is 6.42 Å². The molecule has 13 heavy (non-hydrogen) atoms. The lowest BCUT2D eigenvalue weighted by atomic mass is 10.3. The number of nitrogens with one attached hydrogen (secondary N) is 1.